The van der Waals surface area contributed by atoms with Crippen molar-refractivity contribution in [2.24, 2.45) is 0 Å². The molecule has 0 saturated heterocycles. The molecule has 0 amide bonds. The van der Waals surface area contributed by atoms with Crippen molar-refractivity contribution in [2.75, 3.05) is 0 Å². The van der Waals surface area contributed by atoms with Crippen molar-refractivity contribution >= 4 is 0 Å². The lowest BCUT2D eigenvalue weighted by molar-refractivity contribution is 0.581. The minimum absolute atomic E-state index is 0.515. The van der Waals surface area contributed by atoms with E-state index in [9.17, 15) is 0 Å². The van der Waals surface area contributed by atoms with E-state index in [4.69, 9.17) is 0 Å². The summed E-state index contributed by atoms with van der Waals surface area (Å²) in [5, 5.41) is 3.35. The average molecular weight is 192 g/mol. The highest BCUT2D eigenvalue weighted by Gasteiger charge is 2.00. The first-order valence-corrected chi connectivity index (χ1v) is 5.28. The van der Waals surface area contributed by atoms with Gasteiger partial charge in [-0.3, -0.25) is 4.98 Å². The number of aromatic nitrogens is 1. The highest BCUT2D eigenvalue weighted by Crippen LogP contribution is 2.12. The Balaban J connectivity index is 2.55. The number of nitrogens with zero attached hydrogens (tertiary/aromatic N) is 1. The van der Waals surface area contributed by atoms with E-state index in [1.54, 1.807) is 0 Å². The van der Waals surface area contributed by atoms with Gasteiger partial charge in [0.25, 0.3) is 0 Å². The number of hydrogen-bond donors (Lipinski definition) is 1. The molecule has 0 aliphatic heterocycles. The summed E-state index contributed by atoms with van der Waals surface area (Å²) in [4.78, 5) is 4.41. The van der Waals surface area contributed by atoms with E-state index in [-0.39, 0.29) is 0 Å². The van der Waals surface area contributed by atoms with E-state index in [0.717, 1.165) is 12.2 Å². The minimum atomic E-state index is 0.515. The lowest BCUT2D eigenvalue weighted by Crippen LogP contribution is -2.22. The van der Waals surface area contributed by atoms with Gasteiger partial charge in [-0.15, -0.1) is 0 Å². The maximum Gasteiger partial charge on any atom is 0.0541 e. The van der Waals surface area contributed by atoms with Gasteiger partial charge in [-0.1, -0.05) is 33.8 Å². The molecule has 1 N–H and O–H groups in total. The van der Waals surface area contributed by atoms with Crippen molar-refractivity contribution in [1.82, 2.24) is 10.3 Å². The summed E-state index contributed by atoms with van der Waals surface area (Å²) >= 11 is 0. The normalized spacial score (nSPS) is 11.3. The highest BCUT2D eigenvalue weighted by molar-refractivity contribution is 5.16. The predicted molar refractivity (Wildman–Crippen MR) is 60.3 cm³/mol. The van der Waals surface area contributed by atoms with E-state index in [2.05, 4.69) is 50.1 Å². The Morgan fingerprint density at radius 2 is 1.93 bits per heavy atom. The molecule has 0 bridgehead atoms. The maximum absolute atomic E-state index is 4.41. The topological polar surface area (TPSA) is 24.9 Å². The van der Waals surface area contributed by atoms with Crippen LogP contribution in [0.4, 0.5) is 0 Å². The van der Waals surface area contributed by atoms with Gasteiger partial charge in [0.2, 0.25) is 0 Å². The Hall–Kier alpha value is -0.890. The van der Waals surface area contributed by atoms with E-state index >= 15 is 0 Å². The van der Waals surface area contributed by atoms with Crippen LogP contribution in [0.2, 0.25) is 0 Å². The molecule has 1 aromatic rings. The van der Waals surface area contributed by atoms with Crippen LogP contribution in [0.3, 0.4) is 0 Å². The van der Waals surface area contributed by atoms with Crippen molar-refractivity contribution < 1.29 is 0 Å². The van der Waals surface area contributed by atoms with Crippen LogP contribution in [0.25, 0.3) is 0 Å². The smallest absolute Gasteiger partial charge is 0.0541 e. The van der Waals surface area contributed by atoms with Crippen LogP contribution < -0.4 is 5.32 Å². The third-order valence-corrected chi connectivity index (χ3v) is 2.21. The molecule has 2 heteroatoms. The second-order valence-corrected chi connectivity index (χ2v) is 4.27. The lowest BCUT2D eigenvalue weighted by atomic mass is 10.1. The number of rotatable bonds is 4. The standard InChI is InChI=1S/C12H20N2/c1-9(2)11-5-6-12(14-7-11)8-13-10(3)4/h5-7,9-10,13H,8H2,1-4H3. The van der Waals surface area contributed by atoms with Crippen LogP contribution in [-0.4, -0.2) is 11.0 Å². The van der Waals surface area contributed by atoms with Crippen LogP contribution >= 0.6 is 0 Å². The zero-order chi connectivity index (χ0) is 10.6. The molecule has 0 saturated carbocycles. The summed E-state index contributed by atoms with van der Waals surface area (Å²) in [6.07, 6.45) is 1.97. The fourth-order valence-corrected chi connectivity index (χ4v) is 1.19. The van der Waals surface area contributed by atoms with Gasteiger partial charge in [-0.25, -0.2) is 0 Å². The molecule has 1 aromatic heterocycles. The van der Waals surface area contributed by atoms with Crippen LogP contribution in [0, 0.1) is 0 Å². The summed E-state index contributed by atoms with van der Waals surface area (Å²) in [7, 11) is 0. The Labute approximate surface area is 86.8 Å². The monoisotopic (exact) mass is 192 g/mol. The molecule has 1 rings (SSSR count). The molecule has 0 unspecified atom stereocenters. The summed E-state index contributed by atoms with van der Waals surface area (Å²) in [5.74, 6) is 0.564. The maximum atomic E-state index is 4.41. The Bertz CT molecular complexity index is 262. The third-order valence-electron chi connectivity index (χ3n) is 2.21. The van der Waals surface area contributed by atoms with Crippen LogP contribution in [-0.2, 0) is 6.54 Å². The molecule has 0 aliphatic rings. The zero-order valence-electron chi connectivity index (χ0n) is 9.54. The first kappa shape index (κ1) is 11.2. The van der Waals surface area contributed by atoms with Gasteiger partial charge in [-0.05, 0) is 17.5 Å². The van der Waals surface area contributed by atoms with Gasteiger partial charge in [-0.2, -0.15) is 0 Å². The van der Waals surface area contributed by atoms with E-state index < -0.39 is 0 Å². The molecular formula is C12H20N2. The Kier molecular flexibility index (Phi) is 4.08. The van der Waals surface area contributed by atoms with Crippen molar-refractivity contribution in [3.8, 4) is 0 Å². The Morgan fingerprint density at radius 1 is 1.21 bits per heavy atom. The molecular weight excluding hydrogens is 172 g/mol. The van der Waals surface area contributed by atoms with Crippen LogP contribution in [0.5, 0.6) is 0 Å². The number of pyridine rings is 1. The summed E-state index contributed by atoms with van der Waals surface area (Å²) in [6.45, 7) is 9.51. The molecule has 0 spiro atoms. The molecule has 0 aliphatic carbocycles. The quantitative estimate of drug-likeness (QED) is 0.793. The fourth-order valence-electron chi connectivity index (χ4n) is 1.19. The zero-order valence-corrected chi connectivity index (χ0v) is 9.54. The van der Waals surface area contributed by atoms with Crippen molar-refractivity contribution in [3.05, 3.63) is 29.6 Å². The van der Waals surface area contributed by atoms with Crippen LogP contribution in [0.15, 0.2) is 18.3 Å². The number of nitrogens with one attached hydrogen (secondary N) is 1. The Morgan fingerprint density at radius 3 is 2.36 bits per heavy atom. The van der Waals surface area contributed by atoms with Crippen molar-refractivity contribution in [2.45, 2.75) is 46.2 Å². The molecule has 0 atom stereocenters. The molecule has 2 nitrogen and oxygen atoms in total. The minimum Gasteiger partial charge on any atom is -0.309 e. The molecule has 78 valence electrons. The van der Waals surface area contributed by atoms with E-state index in [1.165, 1.54) is 5.56 Å². The molecule has 0 aromatic carbocycles. The van der Waals surface area contributed by atoms with Gasteiger partial charge < -0.3 is 5.32 Å². The van der Waals surface area contributed by atoms with Gasteiger partial charge in [0.05, 0.1) is 5.69 Å². The largest absolute Gasteiger partial charge is 0.309 e. The van der Waals surface area contributed by atoms with E-state index in [1.807, 2.05) is 6.20 Å². The summed E-state index contributed by atoms with van der Waals surface area (Å²) in [5.41, 5.74) is 2.42. The lowest BCUT2D eigenvalue weighted by Gasteiger charge is -2.09. The average Bonchev–Trinajstić information content (AvgIpc) is 2.15. The van der Waals surface area contributed by atoms with Gasteiger partial charge in [0, 0.05) is 18.8 Å². The van der Waals surface area contributed by atoms with Crippen molar-refractivity contribution in [3.63, 3.8) is 0 Å². The van der Waals surface area contributed by atoms with Gasteiger partial charge >= 0.3 is 0 Å². The first-order valence-electron chi connectivity index (χ1n) is 5.28. The summed E-state index contributed by atoms with van der Waals surface area (Å²) < 4.78 is 0. The van der Waals surface area contributed by atoms with E-state index in [0.29, 0.717) is 12.0 Å². The second-order valence-electron chi connectivity index (χ2n) is 4.27. The highest BCUT2D eigenvalue weighted by atomic mass is 14.9. The molecule has 0 radical (unpaired) electrons. The third kappa shape index (κ3) is 3.46. The molecule has 0 fully saturated rings. The summed E-state index contributed by atoms with van der Waals surface area (Å²) in [6, 6.07) is 4.78. The van der Waals surface area contributed by atoms with Gasteiger partial charge in [0.1, 0.15) is 0 Å². The predicted octanol–water partition coefficient (Wildman–Crippen LogP) is 2.70. The van der Waals surface area contributed by atoms with Gasteiger partial charge in [0.15, 0.2) is 0 Å². The fraction of sp³-hybridized carbons (Fsp3) is 0.583. The number of hydrogen-bond acceptors (Lipinski definition) is 2. The SMILES string of the molecule is CC(C)NCc1ccc(C(C)C)cn1. The molecule has 1 heterocycles. The van der Waals surface area contributed by atoms with Crippen LogP contribution in [0.1, 0.15) is 44.9 Å². The first-order chi connectivity index (χ1) is 6.59. The van der Waals surface area contributed by atoms with Crippen molar-refractivity contribution in [1.29, 1.82) is 0 Å². The second kappa shape index (κ2) is 5.11. The molecule has 14 heavy (non-hydrogen) atoms.